The average molecular weight is 382 g/mol. The summed E-state index contributed by atoms with van der Waals surface area (Å²) in [5, 5.41) is 7.84. The van der Waals surface area contributed by atoms with Crippen molar-refractivity contribution in [1.82, 2.24) is 9.78 Å². The molecule has 1 aliphatic carbocycles. The number of aryl methyl sites for hydroxylation is 1. The molecule has 0 atom stereocenters. The second kappa shape index (κ2) is 6.44. The third-order valence-electron chi connectivity index (χ3n) is 4.51. The standard InChI is InChI=1S/C20H20BrN3/c1-24-13-17(12-23-24)15-3-2-4-19(10-15)22-11-16-9-18(21)7-8-20(16)14-5-6-14/h2-4,7-10,12-14,22H,5-6,11H2,1H3. The van der Waals surface area contributed by atoms with Gasteiger partial charge in [-0.1, -0.05) is 34.1 Å². The van der Waals surface area contributed by atoms with Crippen molar-refractivity contribution in [2.24, 2.45) is 7.05 Å². The monoisotopic (exact) mass is 381 g/mol. The Kier molecular flexibility index (Phi) is 4.15. The van der Waals surface area contributed by atoms with E-state index in [1.165, 1.54) is 29.5 Å². The van der Waals surface area contributed by atoms with E-state index < -0.39 is 0 Å². The molecule has 4 heteroatoms. The quantitative estimate of drug-likeness (QED) is 0.646. The summed E-state index contributed by atoms with van der Waals surface area (Å²) in [6.45, 7) is 0.849. The Balaban J connectivity index is 1.53. The summed E-state index contributed by atoms with van der Waals surface area (Å²) in [5.41, 5.74) is 6.35. The molecule has 0 unspecified atom stereocenters. The van der Waals surface area contributed by atoms with Crippen molar-refractivity contribution >= 4 is 21.6 Å². The minimum Gasteiger partial charge on any atom is -0.381 e. The van der Waals surface area contributed by atoms with E-state index in [0.29, 0.717) is 0 Å². The van der Waals surface area contributed by atoms with E-state index in [1.807, 2.05) is 24.1 Å². The lowest BCUT2D eigenvalue weighted by Gasteiger charge is -2.12. The SMILES string of the molecule is Cn1cc(-c2cccc(NCc3cc(Br)ccc3C3CC3)c2)cn1. The molecule has 0 spiro atoms. The lowest BCUT2D eigenvalue weighted by molar-refractivity contribution is 0.768. The van der Waals surface area contributed by atoms with Crippen LogP contribution in [0.3, 0.4) is 0 Å². The number of halogens is 1. The maximum absolute atomic E-state index is 4.25. The molecule has 1 aromatic heterocycles. The minimum absolute atomic E-state index is 0.761. The van der Waals surface area contributed by atoms with Gasteiger partial charge in [0.25, 0.3) is 0 Å². The molecule has 122 valence electrons. The molecule has 1 aliphatic rings. The van der Waals surface area contributed by atoms with Crippen molar-refractivity contribution in [3.63, 3.8) is 0 Å². The van der Waals surface area contributed by atoms with E-state index in [9.17, 15) is 0 Å². The van der Waals surface area contributed by atoms with Crippen LogP contribution < -0.4 is 5.32 Å². The van der Waals surface area contributed by atoms with Crippen LogP contribution in [0, 0.1) is 0 Å². The number of rotatable bonds is 5. The van der Waals surface area contributed by atoms with Crippen molar-refractivity contribution in [2.45, 2.75) is 25.3 Å². The van der Waals surface area contributed by atoms with Gasteiger partial charge in [0, 0.05) is 35.5 Å². The average Bonchev–Trinajstić information content (AvgIpc) is 3.34. The van der Waals surface area contributed by atoms with Crippen molar-refractivity contribution in [3.05, 3.63) is 70.5 Å². The normalized spacial score (nSPS) is 13.9. The summed E-state index contributed by atoms with van der Waals surface area (Å²) >= 11 is 3.60. The van der Waals surface area contributed by atoms with E-state index in [1.54, 1.807) is 0 Å². The predicted molar refractivity (Wildman–Crippen MR) is 102 cm³/mol. The van der Waals surface area contributed by atoms with Crippen LogP contribution >= 0.6 is 15.9 Å². The number of aromatic nitrogens is 2. The fraction of sp³-hybridized carbons (Fsp3) is 0.250. The molecule has 0 aliphatic heterocycles. The molecule has 3 nitrogen and oxygen atoms in total. The first-order valence-electron chi connectivity index (χ1n) is 8.30. The Labute approximate surface area is 150 Å². The molecule has 24 heavy (non-hydrogen) atoms. The van der Waals surface area contributed by atoms with E-state index >= 15 is 0 Å². The molecule has 2 aromatic carbocycles. The Morgan fingerprint density at radius 1 is 1.17 bits per heavy atom. The Bertz CT molecular complexity index is 865. The lowest BCUT2D eigenvalue weighted by Crippen LogP contribution is -2.02. The predicted octanol–water partition coefficient (Wildman–Crippen LogP) is 5.34. The van der Waals surface area contributed by atoms with Crippen molar-refractivity contribution < 1.29 is 0 Å². The highest BCUT2D eigenvalue weighted by Gasteiger charge is 2.25. The van der Waals surface area contributed by atoms with E-state index in [-0.39, 0.29) is 0 Å². The molecular formula is C20H20BrN3. The minimum atomic E-state index is 0.761. The van der Waals surface area contributed by atoms with Crippen LogP contribution in [0.5, 0.6) is 0 Å². The summed E-state index contributed by atoms with van der Waals surface area (Å²) < 4.78 is 2.98. The Morgan fingerprint density at radius 3 is 2.79 bits per heavy atom. The van der Waals surface area contributed by atoms with E-state index in [0.717, 1.165) is 28.2 Å². The number of hydrogen-bond donors (Lipinski definition) is 1. The maximum atomic E-state index is 4.25. The molecule has 1 heterocycles. The summed E-state index contributed by atoms with van der Waals surface area (Å²) in [7, 11) is 1.94. The van der Waals surface area contributed by atoms with Gasteiger partial charge in [0.1, 0.15) is 0 Å². The Morgan fingerprint density at radius 2 is 2.04 bits per heavy atom. The summed E-state index contributed by atoms with van der Waals surface area (Å²) in [6.07, 6.45) is 6.59. The van der Waals surface area contributed by atoms with Crippen LogP contribution in [-0.4, -0.2) is 9.78 Å². The highest BCUT2D eigenvalue weighted by atomic mass is 79.9. The highest BCUT2D eigenvalue weighted by Crippen LogP contribution is 2.42. The van der Waals surface area contributed by atoms with Gasteiger partial charge in [0.15, 0.2) is 0 Å². The zero-order valence-electron chi connectivity index (χ0n) is 13.7. The molecule has 4 rings (SSSR count). The number of benzene rings is 2. The molecule has 1 saturated carbocycles. The van der Waals surface area contributed by atoms with Crippen LogP contribution in [0.4, 0.5) is 5.69 Å². The first kappa shape index (κ1) is 15.5. The van der Waals surface area contributed by atoms with Crippen molar-refractivity contribution in [2.75, 3.05) is 5.32 Å². The van der Waals surface area contributed by atoms with Gasteiger partial charge < -0.3 is 5.32 Å². The second-order valence-electron chi connectivity index (χ2n) is 6.45. The summed E-state index contributed by atoms with van der Waals surface area (Å²) in [6, 6.07) is 15.2. The third-order valence-corrected chi connectivity index (χ3v) is 5.00. The van der Waals surface area contributed by atoms with E-state index in [2.05, 4.69) is 68.8 Å². The number of anilines is 1. The van der Waals surface area contributed by atoms with Crippen LogP contribution in [-0.2, 0) is 13.6 Å². The largest absolute Gasteiger partial charge is 0.381 e. The van der Waals surface area contributed by atoms with Crippen LogP contribution in [0.1, 0.15) is 29.9 Å². The molecule has 1 N–H and O–H groups in total. The van der Waals surface area contributed by atoms with Gasteiger partial charge in [-0.15, -0.1) is 0 Å². The van der Waals surface area contributed by atoms with Gasteiger partial charge in [0.2, 0.25) is 0 Å². The summed E-state index contributed by atoms with van der Waals surface area (Å²) in [4.78, 5) is 0. The molecule has 0 saturated heterocycles. The molecule has 0 bridgehead atoms. The van der Waals surface area contributed by atoms with Gasteiger partial charge >= 0.3 is 0 Å². The summed E-state index contributed by atoms with van der Waals surface area (Å²) in [5.74, 6) is 0.761. The van der Waals surface area contributed by atoms with Crippen molar-refractivity contribution in [1.29, 1.82) is 0 Å². The number of hydrogen-bond acceptors (Lipinski definition) is 2. The molecule has 1 fully saturated rings. The molecule has 0 radical (unpaired) electrons. The Hall–Kier alpha value is -2.07. The van der Waals surface area contributed by atoms with Gasteiger partial charge in [-0.2, -0.15) is 5.10 Å². The van der Waals surface area contributed by atoms with Gasteiger partial charge in [-0.05, 0) is 59.7 Å². The number of nitrogens with zero attached hydrogens (tertiary/aromatic N) is 2. The zero-order valence-corrected chi connectivity index (χ0v) is 15.3. The second-order valence-corrected chi connectivity index (χ2v) is 7.37. The van der Waals surface area contributed by atoms with E-state index in [4.69, 9.17) is 0 Å². The van der Waals surface area contributed by atoms with Gasteiger partial charge in [0.05, 0.1) is 6.20 Å². The van der Waals surface area contributed by atoms with Crippen LogP contribution in [0.15, 0.2) is 59.3 Å². The third kappa shape index (κ3) is 3.39. The molecule has 3 aromatic rings. The van der Waals surface area contributed by atoms with Crippen LogP contribution in [0.25, 0.3) is 11.1 Å². The first-order chi connectivity index (χ1) is 11.7. The lowest BCUT2D eigenvalue weighted by atomic mass is 10.0. The fourth-order valence-corrected chi connectivity index (χ4v) is 3.50. The smallest absolute Gasteiger partial charge is 0.0568 e. The van der Waals surface area contributed by atoms with Crippen molar-refractivity contribution in [3.8, 4) is 11.1 Å². The molecular weight excluding hydrogens is 362 g/mol. The topological polar surface area (TPSA) is 29.9 Å². The van der Waals surface area contributed by atoms with Gasteiger partial charge in [-0.3, -0.25) is 4.68 Å². The maximum Gasteiger partial charge on any atom is 0.0568 e. The fourth-order valence-electron chi connectivity index (χ4n) is 3.10. The number of nitrogens with one attached hydrogen (secondary N) is 1. The van der Waals surface area contributed by atoms with Crippen LogP contribution in [0.2, 0.25) is 0 Å². The van der Waals surface area contributed by atoms with Gasteiger partial charge in [-0.25, -0.2) is 0 Å². The molecule has 0 amide bonds. The first-order valence-corrected chi connectivity index (χ1v) is 9.09. The highest BCUT2D eigenvalue weighted by molar-refractivity contribution is 9.10. The zero-order chi connectivity index (χ0) is 16.5.